The molecule has 2 rings (SSSR count). The largest absolute Gasteiger partial charge is 0.480 e. The van der Waals surface area contributed by atoms with Gasteiger partial charge in [0.2, 0.25) is 5.88 Å². The van der Waals surface area contributed by atoms with Gasteiger partial charge in [0.05, 0.1) is 18.2 Å². The van der Waals surface area contributed by atoms with Crippen LogP contribution in [0.15, 0.2) is 30.6 Å². The molecule has 0 aliphatic heterocycles. The van der Waals surface area contributed by atoms with Gasteiger partial charge in [0.15, 0.2) is 0 Å². The Hall–Kier alpha value is -1.72. The monoisotopic (exact) mass is 267 g/mol. The van der Waals surface area contributed by atoms with Crippen LogP contribution < -0.4 is 10.5 Å². The first-order valence-corrected chi connectivity index (χ1v) is 5.57. The highest BCUT2D eigenvalue weighted by atomic mass is 35.5. The normalized spacial score (nSPS) is 12.2. The van der Waals surface area contributed by atoms with Crippen LogP contribution in [0.4, 0.5) is 4.39 Å². The number of halogens is 2. The van der Waals surface area contributed by atoms with Gasteiger partial charge in [-0.3, -0.25) is 4.98 Å². The quantitative estimate of drug-likeness (QED) is 0.927. The lowest BCUT2D eigenvalue weighted by molar-refractivity contribution is 0.386. The van der Waals surface area contributed by atoms with Gasteiger partial charge >= 0.3 is 0 Å². The van der Waals surface area contributed by atoms with Crippen LogP contribution in [-0.4, -0.2) is 17.1 Å². The maximum Gasteiger partial charge on any atom is 0.237 e. The molecule has 1 heterocycles. The minimum atomic E-state index is -0.785. The number of methoxy groups -OCH3 is 1. The van der Waals surface area contributed by atoms with Gasteiger partial charge in [0.25, 0.3) is 0 Å². The molecule has 0 saturated carbocycles. The number of nitrogens with two attached hydrogens (primary N) is 1. The summed E-state index contributed by atoms with van der Waals surface area (Å²) in [7, 11) is 1.45. The SMILES string of the molecule is COc1nccnc1C(N)c1cccc(Cl)c1F. The van der Waals surface area contributed by atoms with Crippen LogP contribution in [0.5, 0.6) is 5.88 Å². The minimum Gasteiger partial charge on any atom is -0.480 e. The fraction of sp³-hybridized carbons (Fsp3) is 0.167. The van der Waals surface area contributed by atoms with E-state index in [0.29, 0.717) is 5.69 Å². The molecule has 2 aromatic rings. The Bertz CT molecular complexity index is 565. The third-order valence-corrected chi connectivity index (χ3v) is 2.79. The highest BCUT2D eigenvalue weighted by Crippen LogP contribution is 2.28. The Morgan fingerprint density at radius 1 is 1.33 bits per heavy atom. The van der Waals surface area contributed by atoms with Crippen LogP contribution in [0.2, 0.25) is 5.02 Å². The summed E-state index contributed by atoms with van der Waals surface area (Å²) in [5.74, 6) is -0.288. The summed E-state index contributed by atoms with van der Waals surface area (Å²) >= 11 is 5.72. The molecule has 4 nitrogen and oxygen atoms in total. The summed E-state index contributed by atoms with van der Waals surface area (Å²) in [6.45, 7) is 0. The first-order chi connectivity index (χ1) is 8.65. The zero-order valence-electron chi connectivity index (χ0n) is 9.60. The molecule has 0 spiro atoms. The maximum absolute atomic E-state index is 13.9. The molecule has 1 aromatic carbocycles. The van der Waals surface area contributed by atoms with E-state index in [2.05, 4.69) is 9.97 Å². The summed E-state index contributed by atoms with van der Waals surface area (Å²) in [5.41, 5.74) is 6.59. The van der Waals surface area contributed by atoms with Gasteiger partial charge in [0.1, 0.15) is 11.5 Å². The second kappa shape index (κ2) is 5.29. The summed E-state index contributed by atoms with van der Waals surface area (Å²) in [6, 6.07) is 3.86. The zero-order valence-corrected chi connectivity index (χ0v) is 10.4. The van der Waals surface area contributed by atoms with Crippen molar-refractivity contribution >= 4 is 11.6 Å². The van der Waals surface area contributed by atoms with Crippen molar-refractivity contribution in [2.75, 3.05) is 7.11 Å². The molecule has 94 valence electrons. The van der Waals surface area contributed by atoms with Crippen molar-refractivity contribution in [2.45, 2.75) is 6.04 Å². The van der Waals surface area contributed by atoms with E-state index in [1.807, 2.05) is 0 Å². The Balaban J connectivity index is 2.48. The Kier molecular flexibility index (Phi) is 3.74. The standard InChI is InChI=1S/C12H11ClFN3O/c1-18-12-11(16-5-6-17-12)10(15)7-3-2-4-8(13)9(7)14/h2-6,10H,15H2,1H3. The summed E-state index contributed by atoms with van der Waals surface area (Å²) in [5, 5.41) is 0.0193. The van der Waals surface area contributed by atoms with Gasteiger partial charge in [0, 0.05) is 18.0 Å². The van der Waals surface area contributed by atoms with Gasteiger partial charge in [-0.25, -0.2) is 9.37 Å². The molecular weight excluding hydrogens is 257 g/mol. The highest BCUT2D eigenvalue weighted by Gasteiger charge is 2.20. The van der Waals surface area contributed by atoms with E-state index in [-0.39, 0.29) is 16.5 Å². The number of rotatable bonds is 3. The van der Waals surface area contributed by atoms with Gasteiger partial charge in [-0.05, 0) is 6.07 Å². The summed E-state index contributed by atoms with van der Waals surface area (Å²) in [4.78, 5) is 8.05. The molecule has 0 saturated heterocycles. The molecule has 1 aromatic heterocycles. The molecule has 2 N–H and O–H groups in total. The molecule has 1 unspecified atom stereocenters. The number of benzene rings is 1. The van der Waals surface area contributed by atoms with E-state index in [1.165, 1.54) is 25.6 Å². The molecule has 0 fully saturated rings. The second-order valence-corrected chi connectivity index (χ2v) is 3.98. The number of ether oxygens (including phenoxy) is 1. The van der Waals surface area contributed by atoms with E-state index in [9.17, 15) is 4.39 Å². The van der Waals surface area contributed by atoms with Crippen LogP contribution in [0.3, 0.4) is 0 Å². The number of nitrogens with zero attached hydrogens (tertiary/aromatic N) is 2. The van der Waals surface area contributed by atoms with Crippen LogP contribution >= 0.6 is 11.6 Å². The summed E-state index contributed by atoms with van der Waals surface area (Å²) < 4.78 is 18.9. The minimum absolute atomic E-state index is 0.0193. The molecule has 6 heteroatoms. The van der Waals surface area contributed by atoms with Crippen LogP contribution in [-0.2, 0) is 0 Å². The maximum atomic E-state index is 13.9. The molecule has 1 atom stereocenters. The third-order valence-electron chi connectivity index (χ3n) is 2.50. The number of hydrogen-bond donors (Lipinski definition) is 1. The van der Waals surface area contributed by atoms with Crippen molar-refractivity contribution < 1.29 is 9.13 Å². The predicted molar refractivity (Wildman–Crippen MR) is 66.0 cm³/mol. The molecule has 0 aliphatic carbocycles. The number of aromatic nitrogens is 2. The average Bonchev–Trinajstić information content (AvgIpc) is 2.41. The Morgan fingerprint density at radius 2 is 2.06 bits per heavy atom. The van der Waals surface area contributed by atoms with Gasteiger partial charge in [-0.1, -0.05) is 23.7 Å². The first kappa shape index (κ1) is 12.7. The van der Waals surface area contributed by atoms with Crippen molar-refractivity contribution in [3.63, 3.8) is 0 Å². The van der Waals surface area contributed by atoms with E-state index in [0.717, 1.165) is 0 Å². The molecule has 0 amide bonds. The fourth-order valence-corrected chi connectivity index (χ4v) is 1.80. The molecular formula is C12H11ClFN3O. The van der Waals surface area contributed by atoms with E-state index < -0.39 is 11.9 Å². The first-order valence-electron chi connectivity index (χ1n) is 5.19. The van der Waals surface area contributed by atoms with E-state index in [4.69, 9.17) is 22.1 Å². The van der Waals surface area contributed by atoms with Crippen LogP contribution in [0.1, 0.15) is 17.3 Å². The lowest BCUT2D eigenvalue weighted by Crippen LogP contribution is -2.17. The predicted octanol–water partition coefficient (Wildman–Crippen LogP) is 2.33. The fourth-order valence-electron chi connectivity index (χ4n) is 1.61. The molecule has 0 aliphatic rings. The van der Waals surface area contributed by atoms with Gasteiger partial charge in [-0.15, -0.1) is 0 Å². The number of hydrogen-bond acceptors (Lipinski definition) is 4. The third kappa shape index (κ3) is 2.27. The average molecular weight is 268 g/mol. The van der Waals surface area contributed by atoms with Crippen molar-refractivity contribution in [1.29, 1.82) is 0 Å². The zero-order chi connectivity index (χ0) is 13.1. The van der Waals surface area contributed by atoms with Crippen LogP contribution in [0, 0.1) is 5.82 Å². The smallest absolute Gasteiger partial charge is 0.237 e. The van der Waals surface area contributed by atoms with Crippen LogP contribution in [0.25, 0.3) is 0 Å². The van der Waals surface area contributed by atoms with Gasteiger partial charge < -0.3 is 10.5 Å². The topological polar surface area (TPSA) is 61.0 Å². The second-order valence-electron chi connectivity index (χ2n) is 3.57. The van der Waals surface area contributed by atoms with Crippen molar-refractivity contribution in [3.05, 3.63) is 52.7 Å². The van der Waals surface area contributed by atoms with Crippen molar-refractivity contribution in [2.24, 2.45) is 5.73 Å². The highest BCUT2D eigenvalue weighted by molar-refractivity contribution is 6.30. The molecule has 0 radical (unpaired) electrons. The Morgan fingerprint density at radius 3 is 2.78 bits per heavy atom. The Labute approximate surface area is 109 Å². The lowest BCUT2D eigenvalue weighted by Gasteiger charge is -2.14. The van der Waals surface area contributed by atoms with E-state index in [1.54, 1.807) is 12.1 Å². The lowest BCUT2D eigenvalue weighted by atomic mass is 10.0. The van der Waals surface area contributed by atoms with E-state index >= 15 is 0 Å². The molecule has 0 bridgehead atoms. The van der Waals surface area contributed by atoms with Crippen molar-refractivity contribution in [1.82, 2.24) is 9.97 Å². The van der Waals surface area contributed by atoms with Gasteiger partial charge in [-0.2, -0.15) is 0 Å². The summed E-state index contributed by atoms with van der Waals surface area (Å²) in [6.07, 6.45) is 2.95. The molecule has 18 heavy (non-hydrogen) atoms. The van der Waals surface area contributed by atoms with Crippen molar-refractivity contribution in [3.8, 4) is 5.88 Å².